The Morgan fingerprint density at radius 1 is 0.635 bits per heavy atom. The van der Waals surface area contributed by atoms with Gasteiger partial charge in [0, 0.05) is 12.8 Å². The number of allylic oxidation sites excluding steroid dienone is 2. The molecule has 2 unspecified atom stereocenters. The molecular weight excluding hydrogens is 692 g/mol. The Balaban J connectivity index is 2.47. The molecule has 0 spiro atoms. The zero-order chi connectivity index (χ0) is 38.5. The van der Waals surface area contributed by atoms with Crippen LogP contribution in [0.2, 0.25) is 0 Å². The van der Waals surface area contributed by atoms with E-state index in [1.165, 1.54) is 83.5 Å². The molecule has 0 radical (unpaired) electrons. The number of esters is 2. The van der Waals surface area contributed by atoms with Crippen molar-refractivity contribution in [3.05, 3.63) is 12.2 Å². The topological polar surface area (TPSA) is 186 Å². The second-order valence-electron chi connectivity index (χ2n) is 14.3. The molecule has 1 heterocycles. The molecule has 6 atom stereocenters. The molecule has 12 nitrogen and oxygen atoms in total. The van der Waals surface area contributed by atoms with Gasteiger partial charge in [-0.25, -0.2) is 0 Å². The van der Waals surface area contributed by atoms with Crippen molar-refractivity contribution in [3.63, 3.8) is 0 Å². The van der Waals surface area contributed by atoms with Crippen molar-refractivity contribution >= 4 is 22.1 Å². The number of hydrogen-bond donors (Lipinski definition) is 4. The predicted octanol–water partition coefficient (Wildman–Crippen LogP) is 7.11. The van der Waals surface area contributed by atoms with Crippen molar-refractivity contribution in [2.24, 2.45) is 0 Å². The standard InChI is InChI=1S/C39H72O12S/c1-3-5-7-9-11-13-14-15-16-17-18-20-21-23-25-27-34(40)48-29-32(50-35(41)28-26-24-22-19-12-10-8-6-4-2)30-49-39-38(44)37(43)36(42)33(51-39)31-52(45,46)47/h13-14,32-33,36-39,42-44H,3-12,15-31H2,1-2H3,(H,45,46,47)/b14-13+/t32-,33-,36-,37?,38?,39+/m1/s1. The highest BCUT2D eigenvalue weighted by Crippen LogP contribution is 2.24. The summed E-state index contributed by atoms with van der Waals surface area (Å²) in [6.45, 7) is 3.70. The van der Waals surface area contributed by atoms with E-state index in [-0.39, 0.29) is 19.4 Å². The smallest absolute Gasteiger partial charge is 0.306 e. The lowest BCUT2D eigenvalue weighted by Crippen LogP contribution is -2.60. The van der Waals surface area contributed by atoms with E-state index in [0.29, 0.717) is 12.8 Å². The number of aliphatic hydroxyl groups excluding tert-OH is 3. The predicted molar refractivity (Wildman–Crippen MR) is 201 cm³/mol. The molecule has 0 saturated carbocycles. The first-order valence-electron chi connectivity index (χ1n) is 20.2. The lowest BCUT2D eigenvalue weighted by atomic mass is 10.00. The van der Waals surface area contributed by atoms with E-state index < -0.39 is 71.2 Å². The Morgan fingerprint density at radius 3 is 1.62 bits per heavy atom. The van der Waals surface area contributed by atoms with Crippen LogP contribution >= 0.6 is 0 Å². The number of unbranched alkanes of at least 4 members (excludes halogenated alkanes) is 19. The molecule has 1 aliphatic rings. The fraction of sp³-hybridized carbons (Fsp3) is 0.897. The molecule has 0 aromatic rings. The minimum atomic E-state index is -4.59. The first-order valence-corrected chi connectivity index (χ1v) is 21.9. The van der Waals surface area contributed by atoms with E-state index in [9.17, 15) is 37.9 Å². The number of carbonyl (C=O) groups is 2. The Labute approximate surface area is 314 Å². The molecule has 13 heteroatoms. The summed E-state index contributed by atoms with van der Waals surface area (Å²) in [5.74, 6) is -1.98. The molecule has 52 heavy (non-hydrogen) atoms. The van der Waals surface area contributed by atoms with E-state index in [0.717, 1.165) is 44.9 Å². The highest BCUT2D eigenvalue weighted by atomic mass is 32.2. The molecular formula is C39H72O12S. The summed E-state index contributed by atoms with van der Waals surface area (Å²) in [5, 5.41) is 30.7. The average molecular weight is 765 g/mol. The average Bonchev–Trinajstić information content (AvgIpc) is 3.10. The van der Waals surface area contributed by atoms with Crippen molar-refractivity contribution in [2.45, 2.75) is 205 Å². The number of rotatable bonds is 33. The highest BCUT2D eigenvalue weighted by molar-refractivity contribution is 7.85. The summed E-state index contributed by atoms with van der Waals surface area (Å²) in [6.07, 6.45) is 19.9. The van der Waals surface area contributed by atoms with Crippen molar-refractivity contribution < 1.29 is 56.8 Å². The number of carbonyl (C=O) groups excluding carboxylic acids is 2. The third-order valence-corrected chi connectivity index (χ3v) is 10.1. The Bertz CT molecular complexity index is 1040. The molecule has 4 N–H and O–H groups in total. The van der Waals surface area contributed by atoms with Gasteiger partial charge < -0.3 is 34.3 Å². The van der Waals surface area contributed by atoms with Crippen molar-refractivity contribution in [1.82, 2.24) is 0 Å². The quantitative estimate of drug-likeness (QED) is 0.0230. The van der Waals surface area contributed by atoms with Gasteiger partial charge in [0.1, 0.15) is 36.8 Å². The minimum Gasteiger partial charge on any atom is -0.462 e. The number of aliphatic hydroxyl groups is 3. The Hall–Kier alpha value is -1.61. The fourth-order valence-corrected chi connectivity index (χ4v) is 6.83. The molecule has 306 valence electrons. The van der Waals surface area contributed by atoms with Crippen LogP contribution in [0.5, 0.6) is 0 Å². The summed E-state index contributed by atoms with van der Waals surface area (Å²) in [4.78, 5) is 25.2. The van der Waals surface area contributed by atoms with Gasteiger partial charge >= 0.3 is 11.9 Å². The first-order chi connectivity index (χ1) is 25.0. The van der Waals surface area contributed by atoms with E-state index in [1.54, 1.807) is 0 Å². The molecule has 0 aliphatic carbocycles. The maximum atomic E-state index is 12.7. The maximum absolute atomic E-state index is 12.7. The SMILES string of the molecule is CCCCCC/C=C/CCCCCCCCCC(=O)OC[C@H](CO[C@H]1O[C@H](CS(=O)(=O)O)[C@@H](O)C(O)C1O)OC(=O)CCCCCCCCCCC. The van der Waals surface area contributed by atoms with Crippen molar-refractivity contribution in [1.29, 1.82) is 0 Å². The monoisotopic (exact) mass is 764 g/mol. The zero-order valence-electron chi connectivity index (χ0n) is 32.2. The summed E-state index contributed by atoms with van der Waals surface area (Å²) in [5.41, 5.74) is 0. The van der Waals surface area contributed by atoms with E-state index >= 15 is 0 Å². The highest BCUT2D eigenvalue weighted by Gasteiger charge is 2.46. The summed E-state index contributed by atoms with van der Waals surface area (Å²) in [7, 11) is -4.59. The number of ether oxygens (including phenoxy) is 4. The van der Waals surface area contributed by atoms with Gasteiger partial charge in [0.25, 0.3) is 10.1 Å². The molecule has 0 amide bonds. The second kappa shape index (κ2) is 30.7. The first kappa shape index (κ1) is 48.4. The Morgan fingerprint density at radius 2 is 1.10 bits per heavy atom. The maximum Gasteiger partial charge on any atom is 0.306 e. The van der Waals surface area contributed by atoms with Crippen molar-refractivity contribution in [3.8, 4) is 0 Å². The van der Waals surface area contributed by atoms with E-state index in [1.807, 2.05) is 0 Å². The normalized spacial score (nSPS) is 21.4. The van der Waals surface area contributed by atoms with E-state index in [4.69, 9.17) is 18.9 Å². The van der Waals surface area contributed by atoms with Crippen LogP contribution < -0.4 is 0 Å². The van der Waals surface area contributed by atoms with E-state index in [2.05, 4.69) is 26.0 Å². The molecule has 0 bridgehead atoms. The Kier molecular flexibility index (Phi) is 28.6. The zero-order valence-corrected chi connectivity index (χ0v) is 33.0. The molecule has 1 fully saturated rings. The van der Waals surface area contributed by atoms with Crippen LogP contribution in [0.1, 0.15) is 168 Å². The largest absolute Gasteiger partial charge is 0.462 e. The minimum absolute atomic E-state index is 0.167. The molecule has 1 aliphatic heterocycles. The van der Waals surface area contributed by atoms with Gasteiger partial charge in [-0.1, -0.05) is 129 Å². The molecule has 1 rings (SSSR count). The number of hydrogen-bond acceptors (Lipinski definition) is 11. The van der Waals surface area contributed by atoms with Gasteiger partial charge in [-0.3, -0.25) is 14.1 Å². The molecule has 1 saturated heterocycles. The second-order valence-corrected chi connectivity index (χ2v) is 15.8. The van der Waals surface area contributed by atoms with Gasteiger partial charge in [-0.2, -0.15) is 8.42 Å². The van der Waals surface area contributed by atoms with Crippen LogP contribution in [0.3, 0.4) is 0 Å². The third kappa shape index (κ3) is 25.4. The van der Waals surface area contributed by atoms with Gasteiger partial charge in [0.2, 0.25) is 0 Å². The third-order valence-electron chi connectivity index (χ3n) is 9.35. The lowest BCUT2D eigenvalue weighted by Gasteiger charge is -2.40. The van der Waals surface area contributed by atoms with Gasteiger partial charge in [0.05, 0.1) is 6.61 Å². The lowest BCUT2D eigenvalue weighted by molar-refractivity contribution is -0.297. The van der Waals surface area contributed by atoms with Crippen LogP contribution in [0.4, 0.5) is 0 Å². The fourth-order valence-electron chi connectivity index (χ4n) is 6.14. The summed E-state index contributed by atoms with van der Waals surface area (Å²) >= 11 is 0. The summed E-state index contributed by atoms with van der Waals surface area (Å²) < 4.78 is 53.8. The van der Waals surface area contributed by atoms with Crippen LogP contribution in [0.15, 0.2) is 12.2 Å². The van der Waals surface area contributed by atoms with Crippen molar-refractivity contribution in [2.75, 3.05) is 19.0 Å². The summed E-state index contributed by atoms with van der Waals surface area (Å²) in [6, 6.07) is 0. The van der Waals surface area contributed by atoms with Crippen LogP contribution in [-0.2, 0) is 38.7 Å². The molecule has 0 aromatic heterocycles. The van der Waals surface area contributed by atoms with Crippen LogP contribution in [0.25, 0.3) is 0 Å². The van der Waals surface area contributed by atoms with Gasteiger partial charge in [-0.05, 0) is 38.5 Å². The van der Waals surface area contributed by atoms with Gasteiger partial charge in [0.15, 0.2) is 12.4 Å². The van der Waals surface area contributed by atoms with Crippen LogP contribution in [0, 0.1) is 0 Å². The van der Waals surface area contributed by atoms with Crippen LogP contribution in [-0.4, -0.2) is 96.0 Å². The molecule has 0 aromatic carbocycles. The van der Waals surface area contributed by atoms with Gasteiger partial charge in [-0.15, -0.1) is 0 Å².